The van der Waals surface area contributed by atoms with Crippen molar-refractivity contribution in [3.63, 3.8) is 0 Å². The molecule has 2 amide bonds. The lowest BCUT2D eigenvalue weighted by atomic mass is 9.59. The van der Waals surface area contributed by atoms with E-state index >= 15 is 0 Å². The van der Waals surface area contributed by atoms with Crippen LogP contribution in [-0.4, -0.2) is 28.5 Å². The number of aryl methyl sites for hydroxylation is 3. The van der Waals surface area contributed by atoms with Crippen LogP contribution in [0.3, 0.4) is 0 Å². The molecule has 0 bridgehead atoms. The summed E-state index contributed by atoms with van der Waals surface area (Å²) in [4.78, 5) is 55.7. The summed E-state index contributed by atoms with van der Waals surface area (Å²) in [6.07, 6.45) is 4.81. The average molecular weight is 586 g/mol. The molecule has 1 N–H and O–H groups in total. The highest BCUT2D eigenvalue weighted by Gasteiger charge is 2.56. The fourth-order valence-corrected chi connectivity index (χ4v) is 7.32. The van der Waals surface area contributed by atoms with Gasteiger partial charge in [0.1, 0.15) is 5.75 Å². The molecule has 0 aromatic heterocycles. The number of carbonyl (C=O) groups excluding carboxylic acids is 4. The number of nitrogens with zero attached hydrogens (tertiary/aromatic N) is 1. The van der Waals surface area contributed by atoms with Gasteiger partial charge in [0.15, 0.2) is 11.6 Å². The third-order valence-corrected chi connectivity index (χ3v) is 9.37. The summed E-state index contributed by atoms with van der Waals surface area (Å²) in [6, 6.07) is 11.2. The van der Waals surface area contributed by atoms with E-state index in [0.717, 1.165) is 23.1 Å². The van der Waals surface area contributed by atoms with Crippen molar-refractivity contribution in [3.05, 3.63) is 92.0 Å². The number of phenolic OH excluding ortho intramolecular Hbond substituents is 1. The molecule has 4 atom stereocenters. The Kier molecular flexibility index (Phi) is 6.10. The summed E-state index contributed by atoms with van der Waals surface area (Å²) in [5.74, 6) is -2.85. The summed E-state index contributed by atoms with van der Waals surface area (Å²) in [5.41, 5.74) is 5.54. The molecule has 6 rings (SSSR count). The minimum Gasteiger partial charge on any atom is -0.507 e. The summed E-state index contributed by atoms with van der Waals surface area (Å²) < 4.78 is 0.203. The highest BCUT2D eigenvalue weighted by molar-refractivity contribution is 9.12. The van der Waals surface area contributed by atoms with Crippen molar-refractivity contribution in [1.82, 2.24) is 0 Å². The van der Waals surface area contributed by atoms with Crippen molar-refractivity contribution in [2.45, 2.75) is 46.0 Å². The molecule has 7 heteroatoms. The molecular formula is C32H28BrNO5. The van der Waals surface area contributed by atoms with Gasteiger partial charge in [-0.05, 0) is 89.3 Å². The van der Waals surface area contributed by atoms with Crippen LogP contribution in [0.2, 0.25) is 0 Å². The van der Waals surface area contributed by atoms with Gasteiger partial charge in [-0.2, -0.15) is 0 Å². The Bertz CT molecular complexity index is 1550. The van der Waals surface area contributed by atoms with Crippen LogP contribution < -0.4 is 4.90 Å². The molecule has 1 saturated heterocycles. The number of allylic oxidation sites excluding steroid dienone is 6. The maximum absolute atomic E-state index is 14.0. The molecular weight excluding hydrogens is 558 g/mol. The van der Waals surface area contributed by atoms with E-state index in [4.69, 9.17) is 0 Å². The van der Waals surface area contributed by atoms with E-state index in [-0.39, 0.29) is 40.0 Å². The van der Waals surface area contributed by atoms with Crippen LogP contribution in [0.1, 0.15) is 47.9 Å². The number of fused-ring (bicyclic) bond motifs is 3. The molecule has 0 saturated carbocycles. The monoisotopic (exact) mass is 585 g/mol. The van der Waals surface area contributed by atoms with Crippen LogP contribution >= 0.6 is 15.9 Å². The summed E-state index contributed by atoms with van der Waals surface area (Å²) in [5, 5.41) is 10.4. The Morgan fingerprint density at radius 1 is 0.974 bits per heavy atom. The summed E-state index contributed by atoms with van der Waals surface area (Å²) >= 11 is 3.26. The number of halogens is 1. The zero-order valence-electron chi connectivity index (χ0n) is 22.0. The van der Waals surface area contributed by atoms with E-state index < -0.39 is 23.7 Å². The van der Waals surface area contributed by atoms with Crippen LogP contribution in [0.15, 0.2) is 69.8 Å². The summed E-state index contributed by atoms with van der Waals surface area (Å²) in [7, 11) is 0. The molecule has 6 nitrogen and oxygen atoms in total. The number of amides is 2. The predicted molar refractivity (Wildman–Crippen MR) is 150 cm³/mol. The number of aromatic hydroxyl groups is 1. The van der Waals surface area contributed by atoms with Crippen molar-refractivity contribution in [1.29, 1.82) is 0 Å². The number of hydrogen-bond acceptors (Lipinski definition) is 5. The van der Waals surface area contributed by atoms with Gasteiger partial charge in [-0.3, -0.25) is 24.1 Å². The maximum Gasteiger partial charge on any atom is 0.238 e. The Hall–Kier alpha value is -3.58. The van der Waals surface area contributed by atoms with Gasteiger partial charge in [0.05, 0.1) is 22.0 Å². The molecule has 1 fully saturated rings. The quantitative estimate of drug-likeness (QED) is 0.290. The number of anilines is 1. The number of rotatable bonds is 3. The molecule has 39 heavy (non-hydrogen) atoms. The van der Waals surface area contributed by atoms with Crippen molar-refractivity contribution >= 4 is 45.0 Å². The minimum atomic E-state index is -0.619. The lowest BCUT2D eigenvalue weighted by Gasteiger charge is -2.42. The van der Waals surface area contributed by atoms with Gasteiger partial charge in [0.25, 0.3) is 0 Å². The highest BCUT2D eigenvalue weighted by Crippen LogP contribution is 2.56. The number of benzene rings is 2. The smallest absolute Gasteiger partial charge is 0.238 e. The van der Waals surface area contributed by atoms with Crippen molar-refractivity contribution in [2.24, 2.45) is 17.8 Å². The van der Waals surface area contributed by atoms with Gasteiger partial charge in [-0.1, -0.05) is 42.8 Å². The largest absolute Gasteiger partial charge is 0.507 e. The summed E-state index contributed by atoms with van der Waals surface area (Å²) in [6.45, 7) is 5.66. The Labute approximate surface area is 235 Å². The zero-order valence-corrected chi connectivity index (χ0v) is 23.5. The first kappa shape index (κ1) is 25.7. The number of Topliss-reactive ketones (excluding diaryl/α,β-unsaturated/α-hetero) is 1. The second kappa shape index (κ2) is 9.26. The zero-order chi connectivity index (χ0) is 27.7. The van der Waals surface area contributed by atoms with Crippen molar-refractivity contribution in [3.8, 4) is 5.75 Å². The minimum absolute atomic E-state index is 0.188. The molecule has 2 aromatic carbocycles. The Balaban J connectivity index is 1.48. The molecule has 0 unspecified atom stereocenters. The van der Waals surface area contributed by atoms with Crippen LogP contribution in [-0.2, 0) is 25.6 Å². The standard InChI is InChI=1S/C32H28BrNO5/c1-4-17-5-7-19(8-6-17)34-31(38)21-10-9-20-22(27(21)32(34)39)13-23-28(25(35)14-24(33)30(23)37)26(20)18-11-15(2)29(36)16(3)12-18/h5-9,11-12,14,21-22,26-27,36H,4,10,13H2,1-3H3/t21-,22+,26-,27-/m0/s1. The van der Waals surface area contributed by atoms with Crippen LogP contribution in [0.4, 0.5) is 5.69 Å². The van der Waals surface area contributed by atoms with E-state index in [0.29, 0.717) is 34.4 Å². The van der Waals surface area contributed by atoms with Gasteiger partial charge in [-0.25, -0.2) is 0 Å². The molecule has 3 aliphatic carbocycles. The second-order valence-electron chi connectivity index (χ2n) is 10.9. The van der Waals surface area contributed by atoms with Gasteiger partial charge >= 0.3 is 0 Å². The van der Waals surface area contributed by atoms with E-state index in [1.807, 2.05) is 49.4 Å². The van der Waals surface area contributed by atoms with Crippen LogP contribution in [0.25, 0.3) is 0 Å². The van der Waals surface area contributed by atoms with Gasteiger partial charge in [0.2, 0.25) is 11.8 Å². The first-order valence-electron chi connectivity index (χ1n) is 13.3. The lowest BCUT2D eigenvalue weighted by molar-refractivity contribution is -0.123. The van der Waals surface area contributed by atoms with Crippen LogP contribution in [0, 0.1) is 31.6 Å². The van der Waals surface area contributed by atoms with E-state index in [1.165, 1.54) is 11.0 Å². The lowest BCUT2D eigenvalue weighted by Crippen LogP contribution is -2.39. The van der Waals surface area contributed by atoms with Gasteiger partial charge in [-0.15, -0.1) is 0 Å². The molecule has 4 aliphatic rings. The fourth-order valence-electron chi connectivity index (χ4n) is 6.88. The second-order valence-corrected chi connectivity index (χ2v) is 11.8. The number of carbonyl (C=O) groups is 4. The third kappa shape index (κ3) is 3.81. The Morgan fingerprint density at radius 2 is 1.64 bits per heavy atom. The molecule has 198 valence electrons. The molecule has 2 aromatic rings. The maximum atomic E-state index is 14.0. The number of phenols is 1. The first-order valence-corrected chi connectivity index (χ1v) is 14.1. The van der Waals surface area contributed by atoms with Crippen molar-refractivity contribution in [2.75, 3.05) is 4.90 Å². The normalized spacial score (nSPS) is 26.3. The molecule has 1 heterocycles. The van der Waals surface area contributed by atoms with Crippen LogP contribution in [0.5, 0.6) is 5.75 Å². The number of ketones is 2. The SMILES string of the molecule is CCc1ccc(N2C(=O)[C@H]3[C@H](CC=C4[C@H](c5cc(C)c(O)c(C)c5)C5=C(C[C@H]43)C(=O)C(Br)=CC5=O)C2=O)cc1. The molecule has 1 aliphatic heterocycles. The van der Waals surface area contributed by atoms with Gasteiger partial charge < -0.3 is 5.11 Å². The number of imide groups is 1. The Morgan fingerprint density at radius 3 is 2.28 bits per heavy atom. The fraction of sp³-hybridized carbons (Fsp3) is 0.312. The topological polar surface area (TPSA) is 91.8 Å². The number of hydrogen-bond donors (Lipinski definition) is 1. The molecule has 0 spiro atoms. The van der Waals surface area contributed by atoms with Crippen molar-refractivity contribution < 1.29 is 24.3 Å². The third-order valence-electron chi connectivity index (χ3n) is 8.78. The van der Waals surface area contributed by atoms with E-state index in [9.17, 15) is 24.3 Å². The average Bonchev–Trinajstić information content (AvgIpc) is 3.18. The predicted octanol–water partition coefficient (Wildman–Crippen LogP) is 5.54. The van der Waals surface area contributed by atoms with Gasteiger partial charge in [0, 0.05) is 23.1 Å². The highest BCUT2D eigenvalue weighted by atomic mass is 79.9. The van der Waals surface area contributed by atoms with E-state index in [1.54, 1.807) is 13.8 Å². The molecule has 0 radical (unpaired) electrons. The first-order chi connectivity index (χ1) is 18.6. The van der Waals surface area contributed by atoms with E-state index in [2.05, 4.69) is 15.9 Å².